The Bertz CT molecular complexity index is 2220. The van der Waals surface area contributed by atoms with Gasteiger partial charge in [-0.3, -0.25) is 19.1 Å². The highest BCUT2D eigenvalue weighted by Crippen LogP contribution is 2.47. The van der Waals surface area contributed by atoms with Crippen LogP contribution in [0.2, 0.25) is 0 Å². The molecule has 3 aromatic rings. The second-order valence-corrected chi connectivity index (χ2v) is 19.6. The fourth-order valence-electron chi connectivity index (χ4n) is 7.95. The number of amides is 4. The Labute approximate surface area is 339 Å². The van der Waals surface area contributed by atoms with Crippen molar-refractivity contribution in [2.75, 3.05) is 13.7 Å². The van der Waals surface area contributed by atoms with Crippen molar-refractivity contribution < 1.29 is 41.8 Å². The predicted molar refractivity (Wildman–Crippen MR) is 217 cm³/mol. The number of ether oxygens (including phenoxy) is 3. The van der Waals surface area contributed by atoms with Gasteiger partial charge in [-0.25, -0.2) is 18.2 Å². The summed E-state index contributed by atoms with van der Waals surface area (Å²) >= 11 is 0. The molecule has 2 aromatic carbocycles. The number of nitrogens with zero attached hydrogens (tertiary/aromatic N) is 2. The van der Waals surface area contributed by atoms with E-state index in [2.05, 4.69) is 21.9 Å². The van der Waals surface area contributed by atoms with E-state index in [0.29, 0.717) is 40.9 Å². The summed E-state index contributed by atoms with van der Waals surface area (Å²) in [7, 11) is -2.44. The van der Waals surface area contributed by atoms with Crippen molar-refractivity contribution in [3.8, 4) is 22.8 Å². The third kappa shape index (κ3) is 8.23. The number of likely N-dealkylation sites (tertiary alicyclic amines) is 1. The highest BCUT2D eigenvalue weighted by molar-refractivity contribution is 7.91. The van der Waals surface area contributed by atoms with E-state index in [1.54, 1.807) is 26.2 Å². The van der Waals surface area contributed by atoms with Crippen LogP contribution in [-0.4, -0.2) is 90.3 Å². The van der Waals surface area contributed by atoms with Gasteiger partial charge in [0.2, 0.25) is 21.8 Å². The zero-order chi connectivity index (χ0) is 41.6. The molecule has 4 amide bonds. The van der Waals surface area contributed by atoms with Crippen LogP contribution in [0.25, 0.3) is 22.2 Å². The van der Waals surface area contributed by atoms with Gasteiger partial charge in [0, 0.05) is 35.4 Å². The molecule has 14 nitrogen and oxygen atoms in total. The van der Waals surface area contributed by atoms with Gasteiger partial charge in [0.1, 0.15) is 41.3 Å². The number of pyridine rings is 1. The van der Waals surface area contributed by atoms with Crippen LogP contribution in [-0.2, 0) is 29.1 Å². The lowest BCUT2D eigenvalue weighted by molar-refractivity contribution is -0.143. The van der Waals surface area contributed by atoms with Gasteiger partial charge >= 0.3 is 6.09 Å². The summed E-state index contributed by atoms with van der Waals surface area (Å²) in [6, 6.07) is 14.6. The maximum Gasteiger partial charge on any atom is 0.408 e. The molecule has 5 atom stereocenters. The van der Waals surface area contributed by atoms with E-state index in [-0.39, 0.29) is 25.5 Å². The summed E-state index contributed by atoms with van der Waals surface area (Å²) in [4.78, 5) is 62.5. The van der Waals surface area contributed by atoms with E-state index in [0.717, 1.165) is 31.2 Å². The van der Waals surface area contributed by atoms with Crippen molar-refractivity contribution in [3.05, 3.63) is 67.3 Å². The molecule has 2 heterocycles. The zero-order valence-electron chi connectivity index (χ0n) is 33.7. The molecule has 0 bridgehead atoms. The molecule has 3 saturated carbocycles. The Balaban J connectivity index is 1.21. The highest BCUT2D eigenvalue weighted by atomic mass is 32.2. The Morgan fingerprint density at radius 1 is 1.02 bits per heavy atom. The molecule has 4 aliphatic rings. The molecule has 58 heavy (non-hydrogen) atoms. The first-order valence-corrected chi connectivity index (χ1v) is 21.4. The van der Waals surface area contributed by atoms with Gasteiger partial charge in [-0.2, -0.15) is 0 Å². The third-order valence-electron chi connectivity index (χ3n) is 12.0. The van der Waals surface area contributed by atoms with Gasteiger partial charge in [0.15, 0.2) is 0 Å². The fraction of sp³-hybridized carbons (Fsp3) is 0.512. The highest BCUT2D eigenvalue weighted by Gasteiger charge is 2.63. The first-order chi connectivity index (χ1) is 27.5. The fourth-order valence-corrected chi connectivity index (χ4v) is 9.27. The molecule has 3 N–H and O–H groups in total. The van der Waals surface area contributed by atoms with Gasteiger partial charge in [-0.05, 0) is 69.4 Å². The number of rotatable bonds is 13. The van der Waals surface area contributed by atoms with Crippen LogP contribution in [0.15, 0.2) is 67.3 Å². The van der Waals surface area contributed by atoms with E-state index in [1.807, 2.05) is 63.2 Å². The molecule has 2 unspecified atom stereocenters. The van der Waals surface area contributed by atoms with Crippen molar-refractivity contribution >= 4 is 44.7 Å². The van der Waals surface area contributed by atoms with Crippen molar-refractivity contribution in [2.45, 2.75) is 114 Å². The molecule has 1 saturated heterocycles. The Morgan fingerprint density at radius 3 is 2.34 bits per heavy atom. The number of fused-ring (bicyclic) bond motifs is 1. The topological polar surface area (TPSA) is 182 Å². The molecule has 0 spiro atoms. The number of sulfonamides is 1. The lowest BCUT2D eigenvalue weighted by Gasteiger charge is -2.35. The first-order valence-electron chi connectivity index (χ1n) is 20.0. The average molecular weight is 816 g/mol. The summed E-state index contributed by atoms with van der Waals surface area (Å²) in [6.07, 6.45) is 4.24. The van der Waals surface area contributed by atoms with Gasteiger partial charge < -0.3 is 29.7 Å². The number of alkyl carbamates (subject to hydrolysis) is 1. The van der Waals surface area contributed by atoms with Crippen LogP contribution in [0.1, 0.15) is 79.1 Å². The largest absolute Gasteiger partial charge is 0.497 e. The summed E-state index contributed by atoms with van der Waals surface area (Å²) in [5, 5.41) is 6.32. The zero-order valence-corrected chi connectivity index (χ0v) is 34.5. The Hall–Kier alpha value is -5.18. The summed E-state index contributed by atoms with van der Waals surface area (Å²) in [5.41, 5.74) is -0.288. The molecule has 0 radical (unpaired) electrons. The van der Waals surface area contributed by atoms with Gasteiger partial charge in [0.25, 0.3) is 5.91 Å². The van der Waals surface area contributed by atoms with Crippen LogP contribution in [0.3, 0.4) is 0 Å². The summed E-state index contributed by atoms with van der Waals surface area (Å²) < 4.78 is 45.3. The smallest absolute Gasteiger partial charge is 0.408 e. The molecule has 1 aliphatic heterocycles. The second kappa shape index (κ2) is 15.5. The van der Waals surface area contributed by atoms with E-state index in [1.165, 1.54) is 11.0 Å². The minimum atomic E-state index is -4.01. The third-order valence-corrected chi connectivity index (χ3v) is 14.2. The van der Waals surface area contributed by atoms with E-state index in [9.17, 15) is 27.6 Å². The lowest BCUT2D eigenvalue weighted by Crippen LogP contribution is -2.60. The second-order valence-electron chi connectivity index (χ2n) is 17.4. The number of benzene rings is 2. The quantitative estimate of drug-likeness (QED) is 0.189. The standard InChI is InChI=1S/C43H53N5O9S/c1-7-27-24-43(27,39(51)47-58(53,54)42(5)19-20-42)46-37(49)34-22-30(25-48(34)38(50)36(41(2,3)4)45-40(52)57-28-15-11-12-16-28)56-35-23-32(26-13-9-8-10-14-26)44-33-21-29(55-6)17-18-31(33)35/h7-10,13-14,17-18,21,23,27-28,30,34,36H,1,11-12,15-16,19-20,22,24-25H2,2-6H3,(H,45,52)(H,46,49)(H,47,51)/t27?,30-,34+,36-,43?/m1/s1. The number of hydrogen-bond donors (Lipinski definition) is 3. The molecular weight excluding hydrogens is 763 g/mol. The molecule has 1 aromatic heterocycles. The van der Waals surface area contributed by atoms with Crippen molar-refractivity contribution in [3.63, 3.8) is 0 Å². The SMILES string of the molecule is C=CC1CC1(NC(=O)[C@@H]1C[C@@H](Oc2cc(-c3ccccc3)nc3cc(OC)ccc23)CN1C(=O)[C@@H](NC(=O)OC1CCCC1)C(C)(C)C)C(=O)NS(=O)(=O)C1(C)CC1. The normalized spacial score (nSPS) is 24.4. The molecular formula is C43H53N5O9S. The van der Waals surface area contributed by atoms with Crippen LogP contribution < -0.4 is 24.8 Å². The minimum Gasteiger partial charge on any atom is -0.497 e. The lowest BCUT2D eigenvalue weighted by atomic mass is 9.85. The summed E-state index contributed by atoms with van der Waals surface area (Å²) in [6.45, 7) is 10.8. The molecule has 3 aliphatic carbocycles. The van der Waals surface area contributed by atoms with Crippen LogP contribution >= 0.6 is 0 Å². The number of carbonyl (C=O) groups is 4. The van der Waals surface area contributed by atoms with Crippen molar-refractivity contribution in [1.82, 2.24) is 25.2 Å². The van der Waals surface area contributed by atoms with E-state index < -0.39 is 73.6 Å². The number of aromatic nitrogens is 1. The van der Waals surface area contributed by atoms with Crippen LogP contribution in [0, 0.1) is 11.3 Å². The molecule has 4 fully saturated rings. The number of carbonyl (C=O) groups excluding carboxylic acids is 4. The molecule has 7 rings (SSSR count). The van der Waals surface area contributed by atoms with E-state index in [4.69, 9.17) is 19.2 Å². The monoisotopic (exact) mass is 815 g/mol. The van der Waals surface area contributed by atoms with E-state index >= 15 is 0 Å². The van der Waals surface area contributed by atoms with Gasteiger partial charge in [-0.15, -0.1) is 6.58 Å². The van der Waals surface area contributed by atoms with Crippen molar-refractivity contribution in [2.24, 2.45) is 11.3 Å². The Kier molecular flexibility index (Phi) is 11.0. The number of hydrogen-bond acceptors (Lipinski definition) is 10. The maximum absolute atomic E-state index is 14.8. The number of methoxy groups -OCH3 is 1. The average Bonchev–Trinajstić information content (AvgIpc) is 3.97. The first kappa shape index (κ1) is 41.0. The van der Waals surface area contributed by atoms with Gasteiger partial charge in [0.05, 0.1) is 29.6 Å². The molecule has 310 valence electrons. The maximum atomic E-state index is 14.8. The van der Waals surface area contributed by atoms with Crippen LogP contribution in [0.5, 0.6) is 11.5 Å². The van der Waals surface area contributed by atoms with Crippen LogP contribution in [0.4, 0.5) is 4.79 Å². The van der Waals surface area contributed by atoms with Gasteiger partial charge in [-0.1, -0.05) is 57.2 Å². The summed E-state index contributed by atoms with van der Waals surface area (Å²) in [5.74, 6) is -1.51. The molecule has 15 heteroatoms. The Morgan fingerprint density at radius 2 is 1.72 bits per heavy atom. The van der Waals surface area contributed by atoms with Crippen molar-refractivity contribution in [1.29, 1.82) is 0 Å². The predicted octanol–water partition coefficient (Wildman–Crippen LogP) is 5.40. The minimum absolute atomic E-state index is 0.0222. The number of nitrogens with one attached hydrogen (secondary N) is 3.